The van der Waals surface area contributed by atoms with Crippen molar-refractivity contribution in [2.45, 2.75) is 12.5 Å². The lowest BCUT2D eigenvalue weighted by Gasteiger charge is -2.20. The maximum absolute atomic E-state index is 5.44. The number of benzene rings is 2. The van der Waals surface area contributed by atoms with Gasteiger partial charge in [0.05, 0.1) is 7.11 Å². The highest BCUT2D eigenvalue weighted by Crippen LogP contribution is 2.25. The molecule has 0 amide bonds. The molecule has 2 rings (SSSR count). The van der Waals surface area contributed by atoms with E-state index in [-0.39, 0.29) is 6.04 Å². The molecular formula is C18H24N2O. The topological polar surface area (TPSA) is 24.5 Å². The molecule has 3 nitrogen and oxygen atoms in total. The van der Waals surface area contributed by atoms with Gasteiger partial charge in [-0.3, -0.25) is 0 Å². The Morgan fingerprint density at radius 1 is 1.05 bits per heavy atom. The van der Waals surface area contributed by atoms with Gasteiger partial charge in [0.25, 0.3) is 0 Å². The van der Waals surface area contributed by atoms with Crippen molar-refractivity contribution in [1.82, 2.24) is 5.32 Å². The van der Waals surface area contributed by atoms with E-state index in [1.165, 1.54) is 16.8 Å². The average Bonchev–Trinajstić information content (AvgIpc) is 2.53. The highest BCUT2D eigenvalue weighted by Gasteiger charge is 2.13. The molecule has 0 aliphatic heterocycles. The first-order valence-corrected chi connectivity index (χ1v) is 7.22. The number of ether oxygens (including phenoxy) is 1. The van der Waals surface area contributed by atoms with Crippen LogP contribution in [0.4, 0.5) is 5.69 Å². The molecule has 3 heteroatoms. The number of likely N-dealkylation sites (N-methyl/N-ethyl adjacent to an activating group) is 1. The second-order valence-corrected chi connectivity index (χ2v) is 5.34. The number of hydrogen-bond acceptors (Lipinski definition) is 3. The SMILES string of the molecule is CNC(Cc1ccccc1OC)c1ccc(N(C)C)cc1. The van der Waals surface area contributed by atoms with Gasteiger partial charge in [-0.15, -0.1) is 0 Å². The van der Waals surface area contributed by atoms with Gasteiger partial charge >= 0.3 is 0 Å². The number of hydrogen-bond donors (Lipinski definition) is 1. The van der Waals surface area contributed by atoms with Gasteiger partial charge in [-0.05, 0) is 42.8 Å². The number of methoxy groups -OCH3 is 1. The molecule has 0 spiro atoms. The lowest BCUT2D eigenvalue weighted by Crippen LogP contribution is -2.19. The minimum absolute atomic E-state index is 0.275. The summed E-state index contributed by atoms with van der Waals surface area (Å²) in [4.78, 5) is 2.11. The Hall–Kier alpha value is -2.00. The summed E-state index contributed by atoms with van der Waals surface area (Å²) >= 11 is 0. The highest BCUT2D eigenvalue weighted by atomic mass is 16.5. The number of nitrogens with zero attached hydrogens (tertiary/aromatic N) is 1. The molecule has 21 heavy (non-hydrogen) atoms. The van der Waals surface area contributed by atoms with Gasteiger partial charge in [0.15, 0.2) is 0 Å². The summed E-state index contributed by atoms with van der Waals surface area (Å²) in [5.41, 5.74) is 3.72. The van der Waals surface area contributed by atoms with Crippen molar-refractivity contribution in [2.24, 2.45) is 0 Å². The van der Waals surface area contributed by atoms with Crippen molar-refractivity contribution in [3.63, 3.8) is 0 Å². The summed E-state index contributed by atoms with van der Waals surface area (Å²) in [6.07, 6.45) is 0.905. The molecule has 2 aromatic rings. The maximum Gasteiger partial charge on any atom is 0.122 e. The predicted molar refractivity (Wildman–Crippen MR) is 89.3 cm³/mol. The molecule has 0 aliphatic rings. The van der Waals surface area contributed by atoms with Crippen LogP contribution in [0.3, 0.4) is 0 Å². The smallest absolute Gasteiger partial charge is 0.122 e. The summed E-state index contributed by atoms with van der Waals surface area (Å²) in [6, 6.07) is 17.1. The first kappa shape index (κ1) is 15.4. The van der Waals surface area contributed by atoms with E-state index in [0.29, 0.717) is 0 Å². The zero-order chi connectivity index (χ0) is 15.2. The largest absolute Gasteiger partial charge is 0.496 e. The minimum Gasteiger partial charge on any atom is -0.496 e. The van der Waals surface area contributed by atoms with Crippen molar-refractivity contribution >= 4 is 5.69 Å². The molecule has 1 atom stereocenters. The van der Waals surface area contributed by atoms with Crippen molar-refractivity contribution in [2.75, 3.05) is 33.2 Å². The average molecular weight is 284 g/mol. The summed E-state index contributed by atoms with van der Waals surface area (Å²) in [7, 11) is 7.83. The van der Waals surface area contributed by atoms with Crippen LogP contribution in [0.5, 0.6) is 5.75 Å². The lowest BCUT2D eigenvalue weighted by molar-refractivity contribution is 0.406. The van der Waals surface area contributed by atoms with Crippen LogP contribution in [0.25, 0.3) is 0 Å². The molecule has 1 unspecified atom stereocenters. The Kier molecular flexibility index (Phi) is 5.23. The van der Waals surface area contributed by atoms with Crippen molar-refractivity contribution in [3.05, 3.63) is 59.7 Å². The zero-order valence-corrected chi connectivity index (χ0v) is 13.3. The Balaban J connectivity index is 2.19. The van der Waals surface area contributed by atoms with E-state index < -0.39 is 0 Å². The quantitative estimate of drug-likeness (QED) is 0.881. The first-order chi connectivity index (χ1) is 10.2. The molecular weight excluding hydrogens is 260 g/mol. The minimum atomic E-state index is 0.275. The van der Waals surface area contributed by atoms with Crippen LogP contribution in [-0.2, 0) is 6.42 Å². The Bertz CT molecular complexity index is 564. The summed E-state index contributed by atoms with van der Waals surface area (Å²) in [6.45, 7) is 0. The standard InChI is InChI=1S/C18H24N2O/c1-19-17(13-15-7-5-6-8-18(15)21-4)14-9-11-16(12-10-14)20(2)3/h5-12,17,19H,13H2,1-4H3. The van der Waals surface area contributed by atoms with E-state index in [4.69, 9.17) is 4.74 Å². The fourth-order valence-electron chi connectivity index (χ4n) is 2.48. The Morgan fingerprint density at radius 2 is 1.71 bits per heavy atom. The van der Waals surface area contributed by atoms with E-state index >= 15 is 0 Å². The first-order valence-electron chi connectivity index (χ1n) is 7.22. The molecule has 0 heterocycles. The van der Waals surface area contributed by atoms with Gasteiger partial charge in [-0.1, -0.05) is 30.3 Å². The van der Waals surface area contributed by atoms with Gasteiger partial charge in [-0.2, -0.15) is 0 Å². The normalized spacial score (nSPS) is 12.0. The molecule has 0 saturated heterocycles. The van der Waals surface area contributed by atoms with E-state index in [0.717, 1.165) is 12.2 Å². The van der Waals surface area contributed by atoms with Crippen LogP contribution in [0.1, 0.15) is 17.2 Å². The molecule has 0 aliphatic carbocycles. The van der Waals surface area contributed by atoms with Crippen LogP contribution >= 0.6 is 0 Å². The Labute approximate surface area is 127 Å². The van der Waals surface area contributed by atoms with E-state index in [9.17, 15) is 0 Å². The second kappa shape index (κ2) is 7.14. The summed E-state index contributed by atoms with van der Waals surface area (Å²) < 4.78 is 5.44. The van der Waals surface area contributed by atoms with Crippen LogP contribution in [-0.4, -0.2) is 28.3 Å². The van der Waals surface area contributed by atoms with Gasteiger partial charge in [-0.25, -0.2) is 0 Å². The number of nitrogens with one attached hydrogen (secondary N) is 1. The number of rotatable bonds is 6. The monoisotopic (exact) mass is 284 g/mol. The van der Waals surface area contributed by atoms with Crippen LogP contribution in [0.2, 0.25) is 0 Å². The third-order valence-corrected chi connectivity index (χ3v) is 3.78. The van der Waals surface area contributed by atoms with Gasteiger partial charge in [0, 0.05) is 25.8 Å². The van der Waals surface area contributed by atoms with Crippen molar-refractivity contribution in [3.8, 4) is 5.75 Å². The fraction of sp³-hybridized carbons (Fsp3) is 0.333. The molecule has 0 radical (unpaired) electrons. The summed E-state index contributed by atoms with van der Waals surface area (Å²) in [5, 5.41) is 3.40. The predicted octanol–water partition coefficient (Wildman–Crippen LogP) is 3.26. The zero-order valence-electron chi connectivity index (χ0n) is 13.3. The molecule has 0 saturated carbocycles. The third kappa shape index (κ3) is 3.76. The lowest BCUT2D eigenvalue weighted by atomic mass is 9.98. The van der Waals surface area contributed by atoms with E-state index in [2.05, 4.69) is 60.7 Å². The molecule has 2 aromatic carbocycles. The molecule has 112 valence electrons. The van der Waals surface area contributed by atoms with Gasteiger partial charge < -0.3 is 15.0 Å². The van der Waals surface area contributed by atoms with Crippen LogP contribution in [0, 0.1) is 0 Å². The van der Waals surface area contributed by atoms with Gasteiger partial charge in [0.1, 0.15) is 5.75 Å². The van der Waals surface area contributed by atoms with Crippen molar-refractivity contribution in [1.29, 1.82) is 0 Å². The van der Waals surface area contributed by atoms with Crippen LogP contribution in [0.15, 0.2) is 48.5 Å². The van der Waals surface area contributed by atoms with E-state index in [1.54, 1.807) is 7.11 Å². The Morgan fingerprint density at radius 3 is 2.29 bits per heavy atom. The molecule has 1 N–H and O–H groups in total. The molecule has 0 aromatic heterocycles. The third-order valence-electron chi connectivity index (χ3n) is 3.78. The summed E-state index contributed by atoms with van der Waals surface area (Å²) in [5.74, 6) is 0.947. The number of para-hydroxylation sites is 1. The van der Waals surface area contributed by atoms with Crippen molar-refractivity contribution < 1.29 is 4.74 Å². The highest BCUT2D eigenvalue weighted by molar-refractivity contribution is 5.47. The maximum atomic E-state index is 5.44. The van der Waals surface area contributed by atoms with E-state index in [1.807, 2.05) is 19.2 Å². The molecule has 0 bridgehead atoms. The van der Waals surface area contributed by atoms with Crippen LogP contribution < -0.4 is 15.0 Å². The molecule has 0 fully saturated rings. The fourth-order valence-corrected chi connectivity index (χ4v) is 2.48. The van der Waals surface area contributed by atoms with Gasteiger partial charge in [0.2, 0.25) is 0 Å². The second-order valence-electron chi connectivity index (χ2n) is 5.34. The number of anilines is 1.